The van der Waals surface area contributed by atoms with Crippen LogP contribution in [0.3, 0.4) is 0 Å². The van der Waals surface area contributed by atoms with Gasteiger partial charge in [-0.05, 0) is 39.2 Å². The van der Waals surface area contributed by atoms with Crippen LogP contribution < -0.4 is 10.2 Å². The summed E-state index contributed by atoms with van der Waals surface area (Å²) >= 11 is 1.42. The van der Waals surface area contributed by atoms with Gasteiger partial charge < -0.3 is 10.2 Å². The fourth-order valence-electron chi connectivity index (χ4n) is 2.59. The number of halogens is 3. The van der Waals surface area contributed by atoms with E-state index in [2.05, 4.69) is 17.2 Å². The zero-order valence-corrected chi connectivity index (χ0v) is 13.3. The van der Waals surface area contributed by atoms with Crippen LogP contribution in [0.5, 0.6) is 0 Å². The Balaban J connectivity index is 2.17. The number of fused-ring (bicyclic) bond motifs is 1. The number of nitrogens with one attached hydrogen (secondary N) is 1. The van der Waals surface area contributed by atoms with Crippen molar-refractivity contribution in [2.24, 2.45) is 0 Å². The standard InChI is InChI=1S/C14H22F3N3S/c1-3-8-18-10-6-5-7-11-12(10)19-13(21-11)20(4-2)9-14(15,16)17/h10,18H,3-9H2,1-2H3. The molecule has 0 fully saturated rings. The lowest BCUT2D eigenvalue weighted by Crippen LogP contribution is -2.34. The van der Waals surface area contributed by atoms with E-state index in [9.17, 15) is 13.2 Å². The summed E-state index contributed by atoms with van der Waals surface area (Å²) in [7, 11) is 0. The maximum absolute atomic E-state index is 12.6. The van der Waals surface area contributed by atoms with Crippen LogP contribution in [0.15, 0.2) is 0 Å². The van der Waals surface area contributed by atoms with Crippen LogP contribution in [-0.4, -0.2) is 30.8 Å². The highest BCUT2D eigenvalue weighted by atomic mass is 32.1. The van der Waals surface area contributed by atoms with Crippen molar-refractivity contribution in [2.45, 2.75) is 51.7 Å². The van der Waals surface area contributed by atoms with Gasteiger partial charge in [-0.1, -0.05) is 6.92 Å². The lowest BCUT2D eigenvalue weighted by atomic mass is 9.97. The Kier molecular flexibility index (Phi) is 5.48. The van der Waals surface area contributed by atoms with Crippen molar-refractivity contribution >= 4 is 16.5 Å². The average molecular weight is 321 g/mol. The number of alkyl halides is 3. The molecule has 0 saturated heterocycles. The van der Waals surface area contributed by atoms with E-state index in [4.69, 9.17) is 0 Å². The third-order valence-corrected chi connectivity index (χ3v) is 4.80. The Morgan fingerprint density at radius 1 is 1.38 bits per heavy atom. The predicted molar refractivity (Wildman–Crippen MR) is 80.0 cm³/mol. The highest BCUT2D eigenvalue weighted by Gasteiger charge is 2.33. The van der Waals surface area contributed by atoms with Crippen LogP contribution in [-0.2, 0) is 6.42 Å². The second-order valence-corrected chi connectivity index (χ2v) is 6.40. The van der Waals surface area contributed by atoms with E-state index in [1.54, 1.807) is 6.92 Å². The third-order valence-electron chi connectivity index (χ3n) is 3.61. The Hall–Kier alpha value is -0.820. The Labute approximate surface area is 127 Å². The lowest BCUT2D eigenvalue weighted by molar-refractivity contribution is -0.119. The van der Waals surface area contributed by atoms with Gasteiger partial charge in [-0.25, -0.2) is 4.98 Å². The van der Waals surface area contributed by atoms with Crippen molar-refractivity contribution in [1.82, 2.24) is 10.3 Å². The summed E-state index contributed by atoms with van der Waals surface area (Å²) in [4.78, 5) is 6.99. The first-order chi connectivity index (χ1) is 9.94. The highest BCUT2D eigenvalue weighted by molar-refractivity contribution is 7.15. The summed E-state index contributed by atoms with van der Waals surface area (Å²) in [5.74, 6) is 0. The van der Waals surface area contributed by atoms with Crippen molar-refractivity contribution < 1.29 is 13.2 Å². The minimum atomic E-state index is -4.19. The first kappa shape index (κ1) is 16.5. The normalized spacial score (nSPS) is 18.6. The van der Waals surface area contributed by atoms with E-state index in [0.29, 0.717) is 11.7 Å². The van der Waals surface area contributed by atoms with Gasteiger partial charge in [0.15, 0.2) is 5.13 Å². The van der Waals surface area contributed by atoms with Crippen LogP contribution in [0.25, 0.3) is 0 Å². The van der Waals surface area contributed by atoms with E-state index in [1.165, 1.54) is 16.2 Å². The zero-order valence-electron chi connectivity index (χ0n) is 12.5. The van der Waals surface area contributed by atoms with Crippen molar-refractivity contribution in [3.05, 3.63) is 10.6 Å². The molecule has 0 radical (unpaired) electrons. The summed E-state index contributed by atoms with van der Waals surface area (Å²) in [5, 5.41) is 3.95. The number of aryl methyl sites for hydroxylation is 1. The zero-order chi connectivity index (χ0) is 15.5. The largest absolute Gasteiger partial charge is 0.406 e. The molecule has 0 saturated carbocycles. The second-order valence-electron chi connectivity index (χ2n) is 5.33. The molecule has 0 spiro atoms. The van der Waals surface area contributed by atoms with E-state index in [1.807, 2.05) is 0 Å². The molecule has 1 N–H and O–H groups in total. The van der Waals surface area contributed by atoms with Gasteiger partial charge in [-0.15, -0.1) is 11.3 Å². The molecular weight excluding hydrogens is 299 g/mol. The topological polar surface area (TPSA) is 28.2 Å². The molecule has 3 nitrogen and oxygen atoms in total. The molecule has 21 heavy (non-hydrogen) atoms. The Bertz CT molecular complexity index is 459. The molecule has 0 aliphatic heterocycles. The first-order valence-corrected chi connectivity index (χ1v) is 8.31. The number of aromatic nitrogens is 1. The molecule has 0 amide bonds. The minimum absolute atomic E-state index is 0.197. The van der Waals surface area contributed by atoms with E-state index in [0.717, 1.165) is 42.8 Å². The van der Waals surface area contributed by atoms with Gasteiger partial charge in [-0.2, -0.15) is 13.2 Å². The van der Waals surface area contributed by atoms with Gasteiger partial charge in [0.25, 0.3) is 0 Å². The van der Waals surface area contributed by atoms with Gasteiger partial charge in [0.2, 0.25) is 0 Å². The second kappa shape index (κ2) is 6.96. The fraction of sp³-hybridized carbons (Fsp3) is 0.786. The molecule has 7 heteroatoms. The van der Waals surface area contributed by atoms with Gasteiger partial charge >= 0.3 is 6.18 Å². The third kappa shape index (κ3) is 4.32. The summed E-state index contributed by atoms with van der Waals surface area (Å²) in [5.41, 5.74) is 0.968. The number of hydrogen-bond acceptors (Lipinski definition) is 4. The summed E-state index contributed by atoms with van der Waals surface area (Å²) < 4.78 is 37.9. The predicted octanol–water partition coefficient (Wildman–Crippen LogP) is 3.91. The first-order valence-electron chi connectivity index (χ1n) is 7.49. The fourth-order valence-corrected chi connectivity index (χ4v) is 3.82. The van der Waals surface area contributed by atoms with E-state index >= 15 is 0 Å². The molecule has 0 bridgehead atoms. The highest BCUT2D eigenvalue weighted by Crippen LogP contribution is 2.37. The van der Waals surface area contributed by atoms with Gasteiger partial charge in [0, 0.05) is 11.4 Å². The van der Waals surface area contributed by atoms with Crippen molar-refractivity contribution in [2.75, 3.05) is 24.5 Å². The van der Waals surface area contributed by atoms with Crippen LogP contribution in [0, 0.1) is 0 Å². The van der Waals surface area contributed by atoms with Gasteiger partial charge in [0.05, 0.1) is 11.7 Å². The van der Waals surface area contributed by atoms with Crippen LogP contribution in [0.2, 0.25) is 0 Å². The molecule has 1 aromatic heterocycles. The SMILES string of the molecule is CCCNC1CCCc2sc(N(CC)CC(F)(F)F)nc21. The summed E-state index contributed by atoms with van der Waals surface area (Å²) in [6.07, 6.45) is -0.135. The summed E-state index contributed by atoms with van der Waals surface area (Å²) in [6, 6.07) is 0.197. The monoisotopic (exact) mass is 321 g/mol. The van der Waals surface area contributed by atoms with Crippen LogP contribution in [0.1, 0.15) is 49.7 Å². The molecule has 120 valence electrons. The molecule has 1 aromatic rings. The Morgan fingerprint density at radius 2 is 2.14 bits per heavy atom. The van der Waals surface area contributed by atoms with Crippen LogP contribution >= 0.6 is 11.3 Å². The van der Waals surface area contributed by atoms with Gasteiger partial charge in [-0.3, -0.25) is 0 Å². The molecular formula is C14H22F3N3S. The summed E-state index contributed by atoms with van der Waals surface area (Å²) in [6.45, 7) is 4.14. The van der Waals surface area contributed by atoms with Crippen LogP contribution in [0.4, 0.5) is 18.3 Å². The van der Waals surface area contributed by atoms with Crippen molar-refractivity contribution in [3.63, 3.8) is 0 Å². The van der Waals surface area contributed by atoms with Gasteiger partial charge in [0.1, 0.15) is 6.54 Å². The average Bonchev–Trinajstić information content (AvgIpc) is 2.85. The Morgan fingerprint density at radius 3 is 2.76 bits per heavy atom. The van der Waals surface area contributed by atoms with Crippen molar-refractivity contribution in [3.8, 4) is 0 Å². The number of rotatable bonds is 6. The van der Waals surface area contributed by atoms with E-state index < -0.39 is 12.7 Å². The minimum Gasteiger partial charge on any atom is -0.339 e. The smallest absolute Gasteiger partial charge is 0.339 e. The number of anilines is 1. The molecule has 0 aromatic carbocycles. The quantitative estimate of drug-likeness (QED) is 0.861. The molecule has 1 aliphatic carbocycles. The molecule has 1 heterocycles. The maximum atomic E-state index is 12.6. The molecule has 2 rings (SSSR count). The number of hydrogen-bond donors (Lipinski definition) is 1. The molecule has 1 atom stereocenters. The number of nitrogens with zero attached hydrogens (tertiary/aromatic N) is 2. The number of thiazole rings is 1. The van der Waals surface area contributed by atoms with E-state index in [-0.39, 0.29) is 6.04 Å². The van der Waals surface area contributed by atoms with Crippen molar-refractivity contribution in [1.29, 1.82) is 0 Å². The molecule has 1 aliphatic rings. The maximum Gasteiger partial charge on any atom is 0.406 e. The molecule has 1 unspecified atom stereocenters. The lowest BCUT2D eigenvalue weighted by Gasteiger charge is -2.22.